The first kappa shape index (κ1) is 16.6. The Kier molecular flexibility index (Phi) is 3.54. The minimum atomic E-state index is -1.16. The van der Waals surface area contributed by atoms with Gasteiger partial charge < -0.3 is 9.84 Å². The molecule has 1 aromatic carbocycles. The van der Waals surface area contributed by atoms with Crippen molar-refractivity contribution < 1.29 is 19.6 Å². The number of esters is 1. The van der Waals surface area contributed by atoms with Crippen LogP contribution in [0, 0.1) is 10.1 Å². The first-order valence-electron chi connectivity index (χ1n) is 9.35. The largest absolute Gasteiger partial charge is 0.449 e. The van der Waals surface area contributed by atoms with E-state index in [2.05, 4.69) is 11.0 Å². The maximum atomic E-state index is 12.8. The predicted molar refractivity (Wildman–Crippen MR) is 95.8 cm³/mol. The first-order valence-corrected chi connectivity index (χ1v) is 9.35. The fraction of sp³-hybridized carbons (Fsp3) is 0.450. The molecule has 1 aliphatic carbocycles. The van der Waals surface area contributed by atoms with Gasteiger partial charge in [-0.3, -0.25) is 15.0 Å². The standard InChI is InChI=1S/C20H20N2O5/c23-18(12-4-6-13(7-5-12)22(25)26)17-15-9-8-14-11-20(15,27-19(17)24)16-3-1-2-10-21(14)16/h4-9,14,16,18,23H,1-3,10-11H2/t14-,16-,18?,20+/m1/s1. The predicted octanol–water partition coefficient (Wildman–Crippen LogP) is 2.42. The quantitative estimate of drug-likeness (QED) is 0.500. The number of piperidine rings is 1. The van der Waals surface area contributed by atoms with Crippen LogP contribution in [0.25, 0.3) is 0 Å². The maximum Gasteiger partial charge on any atom is 0.338 e. The molecule has 27 heavy (non-hydrogen) atoms. The summed E-state index contributed by atoms with van der Waals surface area (Å²) < 4.78 is 5.96. The number of carbonyl (C=O) groups is 1. The average Bonchev–Trinajstić information content (AvgIpc) is 3.12. The second kappa shape index (κ2) is 5.74. The van der Waals surface area contributed by atoms with Crippen LogP contribution < -0.4 is 0 Å². The zero-order valence-corrected chi connectivity index (χ0v) is 14.7. The lowest BCUT2D eigenvalue weighted by Crippen LogP contribution is -2.48. The van der Waals surface area contributed by atoms with Crippen molar-refractivity contribution in [3.05, 3.63) is 63.2 Å². The van der Waals surface area contributed by atoms with Crippen molar-refractivity contribution in [2.75, 3.05) is 6.54 Å². The highest BCUT2D eigenvalue weighted by atomic mass is 16.6. The van der Waals surface area contributed by atoms with Crippen molar-refractivity contribution >= 4 is 11.7 Å². The van der Waals surface area contributed by atoms with Gasteiger partial charge in [0, 0.05) is 30.2 Å². The molecule has 0 aromatic heterocycles. The zero-order valence-electron chi connectivity index (χ0n) is 14.7. The van der Waals surface area contributed by atoms with Gasteiger partial charge in [-0.2, -0.15) is 0 Å². The Morgan fingerprint density at radius 2 is 2.07 bits per heavy atom. The number of fused-ring (bicyclic) bond motifs is 3. The van der Waals surface area contributed by atoms with Crippen LogP contribution in [0.2, 0.25) is 0 Å². The molecule has 140 valence electrons. The third kappa shape index (κ3) is 2.25. The van der Waals surface area contributed by atoms with Crippen LogP contribution >= 0.6 is 0 Å². The van der Waals surface area contributed by atoms with Crippen LogP contribution in [0.4, 0.5) is 5.69 Å². The number of nitrogens with zero attached hydrogens (tertiary/aromatic N) is 2. The van der Waals surface area contributed by atoms with E-state index < -0.39 is 22.6 Å². The lowest BCUT2D eigenvalue weighted by molar-refractivity contribution is -0.384. The second-order valence-corrected chi connectivity index (χ2v) is 7.74. The average molecular weight is 368 g/mol. The highest BCUT2D eigenvalue weighted by Gasteiger charge is 2.62. The van der Waals surface area contributed by atoms with Gasteiger partial charge in [0.2, 0.25) is 0 Å². The third-order valence-electron chi connectivity index (χ3n) is 6.44. The van der Waals surface area contributed by atoms with Crippen LogP contribution in [-0.2, 0) is 9.53 Å². The monoisotopic (exact) mass is 368 g/mol. The summed E-state index contributed by atoms with van der Waals surface area (Å²) >= 11 is 0. The summed E-state index contributed by atoms with van der Waals surface area (Å²) in [4.78, 5) is 25.6. The number of non-ortho nitro benzene ring substituents is 1. The topological polar surface area (TPSA) is 92.9 Å². The Balaban J connectivity index is 1.56. The highest BCUT2D eigenvalue weighted by Crippen LogP contribution is 2.54. The number of aliphatic hydroxyl groups excluding tert-OH is 1. The van der Waals surface area contributed by atoms with Gasteiger partial charge in [0.25, 0.3) is 5.69 Å². The van der Waals surface area contributed by atoms with Crippen LogP contribution in [0.15, 0.2) is 47.6 Å². The van der Waals surface area contributed by atoms with E-state index in [1.54, 1.807) is 0 Å². The van der Waals surface area contributed by atoms with Gasteiger partial charge in [-0.15, -0.1) is 0 Å². The fourth-order valence-corrected chi connectivity index (χ4v) is 5.25. The van der Waals surface area contributed by atoms with Gasteiger partial charge in [0.1, 0.15) is 6.10 Å². The van der Waals surface area contributed by atoms with Gasteiger partial charge in [0.05, 0.1) is 16.5 Å². The van der Waals surface area contributed by atoms with Crippen molar-refractivity contribution in [3.8, 4) is 0 Å². The molecule has 3 aliphatic heterocycles. The van der Waals surface area contributed by atoms with Crippen molar-refractivity contribution in [2.45, 2.75) is 49.5 Å². The summed E-state index contributed by atoms with van der Waals surface area (Å²) in [6, 6.07) is 6.10. The molecular weight excluding hydrogens is 348 g/mol. The number of benzene rings is 1. The maximum absolute atomic E-state index is 12.8. The molecule has 1 aromatic rings. The van der Waals surface area contributed by atoms with Crippen molar-refractivity contribution in [2.24, 2.45) is 0 Å². The molecule has 5 rings (SSSR count). The molecule has 0 radical (unpaired) electrons. The molecule has 4 atom stereocenters. The number of hydrogen-bond donors (Lipinski definition) is 1. The number of rotatable bonds is 3. The molecule has 0 amide bonds. The number of hydrogen-bond acceptors (Lipinski definition) is 6. The lowest BCUT2D eigenvalue weighted by Gasteiger charge is -2.37. The summed E-state index contributed by atoms with van der Waals surface area (Å²) in [5.41, 5.74) is 0.790. The van der Waals surface area contributed by atoms with E-state index in [0.717, 1.165) is 37.8 Å². The van der Waals surface area contributed by atoms with Gasteiger partial charge in [0.15, 0.2) is 5.60 Å². The highest BCUT2D eigenvalue weighted by molar-refractivity contribution is 5.96. The molecule has 3 heterocycles. The Morgan fingerprint density at radius 1 is 1.30 bits per heavy atom. The van der Waals surface area contributed by atoms with Crippen molar-refractivity contribution in [1.82, 2.24) is 4.90 Å². The van der Waals surface area contributed by atoms with E-state index in [4.69, 9.17) is 4.74 Å². The number of nitro benzene ring substituents is 1. The van der Waals surface area contributed by atoms with Crippen molar-refractivity contribution in [3.63, 3.8) is 0 Å². The SMILES string of the molecule is O=C1O[C@@]23C[C@@H](C=CC2=C1C(O)c1ccc([N+](=O)[O-])cc1)N1CCCC[C@@H]13. The summed E-state index contributed by atoms with van der Waals surface area (Å²) in [7, 11) is 0. The zero-order chi connectivity index (χ0) is 18.8. The van der Waals surface area contributed by atoms with Crippen LogP contribution in [0.1, 0.15) is 37.4 Å². The number of nitro groups is 1. The van der Waals surface area contributed by atoms with Crippen LogP contribution in [0.3, 0.4) is 0 Å². The molecule has 1 unspecified atom stereocenters. The van der Waals surface area contributed by atoms with Gasteiger partial charge in [-0.25, -0.2) is 4.79 Å². The Hall–Kier alpha value is -2.51. The normalized spacial score (nSPS) is 32.9. The minimum absolute atomic E-state index is 0.0527. The van der Waals surface area contributed by atoms with Gasteiger partial charge in [-0.05, 0) is 37.1 Å². The smallest absolute Gasteiger partial charge is 0.338 e. The molecule has 1 spiro atoms. The van der Waals surface area contributed by atoms with Crippen LogP contribution in [0.5, 0.6) is 0 Å². The Labute approximate surface area is 156 Å². The molecule has 7 heteroatoms. The Morgan fingerprint density at radius 3 is 2.81 bits per heavy atom. The number of ether oxygens (including phenoxy) is 1. The van der Waals surface area contributed by atoms with E-state index in [1.807, 2.05) is 6.08 Å². The molecule has 2 fully saturated rings. The summed E-state index contributed by atoms with van der Waals surface area (Å²) in [6.07, 6.45) is 6.89. The van der Waals surface area contributed by atoms with E-state index in [1.165, 1.54) is 24.3 Å². The minimum Gasteiger partial charge on any atom is -0.449 e. The molecular formula is C20H20N2O5. The molecule has 2 saturated heterocycles. The molecule has 1 N–H and O–H groups in total. The molecule has 4 aliphatic rings. The molecule has 7 nitrogen and oxygen atoms in total. The number of aliphatic hydroxyl groups is 1. The Bertz CT molecular complexity index is 890. The van der Waals surface area contributed by atoms with E-state index in [9.17, 15) is 20.0 Å². The van der Waals surface area contributed by atoms with Gasteiger partial charge >= 0.3 is 5.97 Å². The number of carbonyl (C=O) groups excluding carboxylic acids is 1. The van der Waals surface area contributed by atoms with Gasteiger partial charge in [-0.1, -0.05) is 18.6 Å². The summed E-state index contributed by atoms with van der Waals surface area (Å²) in [5, 5.41) is 21.7. The molecule has 0 saturated carbocycles. The third-order valence-corrected chi connectivity index (χ3v) is 6.44. The lowest BCUT2D eigenvalue weighted by atomic mass is 9.78. The van der Waals surface area contributed by atoms with E-state index >= 15 is 0 Å². The van der Waals surface area contributed by atoms with E-state index in [-0.39, 0.29) is 23.3 Å². The second-order valence-electron chi connectivity index (χ2n) is 7.74. The summed E-state index contributed by atoms with van der Waals surface area (Å²) in [5.74, 6) is -0.478. The fourth-order valence-electron chi connectivity index (χ4n) is 5.25. The summed E-state index contributed by atoms with van der Waals surface area (Å²) in [6.45, 7) is 1.01. The van der Waals surface area contributed by atoms with Crippen molar-refractivity contribution in [1.29, 1.82) is 0 Å². The first-order chi connectivity index (χ1) is 13.0. The van der Waals surface area contributed by atoms with E-state index in [0.29, 0.717) is 5.56 Å². The van der Waals surface area contributed by atoms with Crippen LogP contribution in [-0.4, -0.2) is 45.1 Å². The molecule has 2 bridgehead atoms.